The van der Waals surface area contributed by atoms with Crippen molar-refractivity contribution in [2.45, 2.75) is 85.2 Å². The van der Waals surface area contributed by atoms with Crippen molar-refractivity contribution >= 4 is 0 Å². The third-order valence-electron chi connectivity index (χ3n) is 5.72. The lowest BCUT2D eigenvalue weighted by molar-refractivity contribution is -0.0927. The highest BCUT2D eigenvalue weighted by Gasteiger charge is 2.08. The summed E-state index contributed by atoms with van der Waals surface area (Å²) in [5.41, 5.74) is 2.67. The van der Waals surface area contributed by atoms with Gasteiger partial charge in [-0.05, 0) is 80.3 Å². The van der Waals surface area contributed by atoms with Crippen molar-refractivity contribution in [1.82, 2.24) is 0 Å². The molecule has 0 spiro atoms. The van der Waals surface area contributed by atoms with Gasteiger partial charge in [-0.2, -0.15) is 0 Å². The van der Waals surface area contributed by atoms with Crippen LogP contribution in [0, 0.1) is 0 Å². The fourth-order valence-electron chi connectivity index (χ4n) is 3.23. The summed E-state index contributed by atoms with van der Waals surface area (Å²) in [6.45, 7) is 13.8. The lowest BCUT2D eigenvalue weighted by Crippen LogP contribution is -2.20. The Morgan fingerprint density at radius 1 is 0.581 bits per heavy atom. The lowest BCUT2D eigenvalue weighted by atomic mass is 9.99. The third-order valence-corrected chi connectivity index (χ3v) is 5.72. The molecule has 0 radical (unpaired) electrons. The molecule has 2 aromatic rings. The molecule has 2 aromatic carbocycles. The van der Waals surface area contributed by atoms with Crippen LogP contribution >= 0.6 is 0 Å². The van der Waals surface area contributed by atoms with Crippen LogP contribution in [-0.4, -0.2) is 25.8 Å². The molecule has 0 aliphatic carbocycles. The Morgan fingerprint density at radius 2 is 0.935 bits per heavy atom. The normalized spacial score (nSPS) is 15.2. The maximum Gasteiger partial charge on any atom is 0.196 e. The summed E-state index contributed by atoms with van der Waals surface area (Å²) < 4.78 is 23.2. The average Bonchev–Trinajstić information content (AvgIpc) is 2.78. The van der Waals surface area contributed by atoms with Crippen molar-refractivity contribution < 1.29 is 18.9 Å². The van der Waals surface area contributed by atoms with Crippen LogP contribution < -0.4 is 9.47 Å². The number of hydrogen-bond donors (Lipinski definition) is 0. The molecule has 2 rings (SSSR count). The summed E-state index contributed by atoms with van der Waals surface area (Å²) in [5.74, 6) is 2.80. The van der Waals surface area contributed by atoms with Gasteiger partial charge in [-0.3, -0.25) is 0 Å². The van der Waals surface area contributed by atoms with Crippen molar-refractivity contribution in [3.05, 3.63) is 59.7 Å². The number of hydrogen-bond acceptors (Lipinski definition) is 4. The Hall–Kier alpha value is -2.04. The topological polar surface area (TPSA) is 36.9 Å². The molecule has 0 saturated carbocycles. The van der Waals surface area contributed by atoms with Gasteiger partial charge < -0.3 is 18.9 Å². The molecular formula is C27H40O4. The summed E-state index contributed by atoms with van der Waals surface area (Å²) >= 11 is 0. The molecule has 0 bridgehead atoms. The molecule has 0 saturated heterocycles. The molecule has 4 unspecified atom stereocenters. The van der Waals surface area contributed by atoms with E-state index in [4.69, 9.17) is 18.9 Å². The van der Waals surface area contributed by atoms with Crippen LogP contribution in [0.5, 0.6) is 11.5 Å². The van der Waals surface area contributed by atoms with Crippen molar-refractivity contribution in [3.8, 4) is 11.5 Å². The molecular weight excluding hydrogens is 388 g/mol. The fraction of sp³-hybridized carbons (Fsp3) is 0.556. The van der Waals surface area contributed by atoms with Gasteiger partial charge >= 0.3 is 0 Å². The molecule has 0 fully saturated rings. The minimum Gasteiger partial charge on any atom is -0.465 e. The zero-order valence-electron chi connectivity index (χ0n) is 20.1. The van der Waals surface area contributed by atoms with E-state index in [0.29, 0.717) is 25.0 Å². The number of ether oxygens (including phenoxy) is 4. The Kier molecular flexibility index (Phi) is 10.9. The van der Waals surface area contributed by atoms with E-state index in [0.717, 1.165) is 30.8 Å². The fourth-order valence-corrected chi connectivity index (χ4v) is 3.23. The maximum atomic E-state index is 5.84. The SMILES string of the molecule is CCC(C)c1ccc(OC(C)OCCCOC(C)Oc2ccc(C(C)CC)cc2)cc1. The quantitative estimate of drug-likeness (QED) is 0.234. The third kappa shape index (κ3) is 8.92. The molecule has 0 N–H and O–H groups in total. The summed E-state index contributed by atoms with van der Waals surface area (Å²) in [7, 11) is 0. The van der Waals surface area contributed by atoms with Crippen molar-refractivity contribution in [1.29, 1.82) is 0 Å². The van der Waals surface area contributed by atoms with Gasteiger partial charge in [0.05, 0.1) is 13.2 Å². The van der Waals surface area contributed by atoms with Gasteiger partial charge in [0, 0.05) is 0 Å². The van der Waals surface area contributed by atoms with Gasteiger partial charge in [-0.25, -0.2) is 0 Å². The largest absolute Gasteiger partial charge is 0.465 e. The standard InChI is InChI=1S/C27H40O4/c1-7-20(3)24-10-14-26(15-11-24)30-22(5)28-18-9-19-29-23(6)31-27-16-12-25(13-17-27)21(4)8-2/h10-17,20-23H,7-9,18-19H2,1-6H3. The molecule has 0 aliphatic rings. The molecule has 4 atom stereocenters. The Bertz CT molecular complexity index is 662. The maximum absolute atomic E-state index is 5.84. The molecule has 0 amide bonds. The van der Waals surface area contributed by atoms with Crippen LogP contribution in [-0.2, 0) is 9.47 Å². The van der Waals surface area contributed by atoms with Gasteiger partial charge in [0.2, 0.25) is 0 Å². The second kappa shape index (κ2) is 13.4. The molecule has 31 heavy (non-hydrogen) atoms. The van der Waals surface area contributed by atoms with Gasteiger partial charge in [-0.1, -0.05) is 52.0 Å². The van der Waals surface area contributed by atoms with Gasteiger partial charge in [0.15, 0.2) is 12.6 Å². The summed E-state index contributed by atoms with van der Waals surface area (Å²) in [6, 6.07) is 16.6. The van der Waals surface area contributed by atoms with E-state index in [-0.39, 0.29) is 12.6 Å². The first-order valence-corrected chi connectivity index (χ1v) is 11.7. The van der Waals surface area contributed by atoms with Crippen molar-refractivity contribution in [3.63, 3.8) is 0 Å². The monoisotopic (exact) mass is 428 g/mol. The predicted molar refractivity (Wildman–Crippen MR) is 127 cm³/mol. The van der Waals surface area contributed by atoms with Crippen molar-refractivity contribution in [2.24, 2.45) is 0 Å². The molecule has 172 valence electrons. The minimum absolute atomic E-state index is 0.299. The molecule has 4 heteroatoms. The highest BCUT2D eigenvalue weighted by molar-refractivity contribution is 5.30. The first-order valence-electron chi connectivity index (χ1n) is 11.7. The molecule has 0 aliphatic heterocycles. The number of rotatable bonds is 14. The van der Waals surface area contributed by atoms with Crippen LogP contribution in [0.15, 0.2) is 48.5 Å². The van der Waals surface area contributed by atoms with Crippen LogP contribution in [0.2, 0.25) is 0 Å². The smallest absolute Gasteiger partial charge is 0.196 e. The molecule has 0 heterocycles. The van der Waals surface area contributed by atoms with Gasteiger partial charge in [-0.15, -0.1) is 0 Å². The lowest BCUT2D eigenvalue weighted by Gasteiger charge is -2.18. The first-order chi connectivity index (χ1) is 14.9. The summed E-state index contributed by atoms with van der Waals surface area (Å²) in [6.07, 6.45) is 2.45. The van der Waals surface area contributed by atoms with Gasteiger partial charge in [0.1, 0.15) is 11.5 Å². The predicted octanol–water partition coefficient (Wildman–Crippen LogP) is 7.29. The Labute approximate surface area is 188 Å². The van der Waals surface area contributed by atoms with E-state index in [2.05, 4.69) is 52.0 Å². The zero-order chi connectivity index (χ0) is 22.6. The van der Waals surface area contributed by atoms with Crippen LogP contribution in [0.3, 0.4) is 0 Å². The van der Waals surface area contributed by atoms with E-state index < -0.39 is 0 Å². The van der Waals surface area contributed by atoms with E-state index in [1.54, 1.807) is 0 Å². The van der Waals surface area contributed by atoms with E-state index in [1.165, 1.54) is 11.1 Å². The Balaban J connectivity index is 1.60. The van der Waals surface area contributed by atoms with Crippen LogP contribution in [0.25, 0.3) is 0 Å². The highest BCUT2D eigenvalue weighted by Crippen LogP contribution is 2.23. The van der Waals surface area contributed by atoms with E-state index in [9.17, 15) is 0 Å². The summed E-state index contributed by atoms with van der Waals surface area (Å²) in [5, 5.41) is 0. The highest BCUT2D eigenvalue weighted by atomic mass is 16.7. The van der Waals surface area contributed by atoms with Crippen LogP contribution in [0.4, 0.5) is 0 Å². The van der Waals surface area contributed by atoms with Crippen LogP contribution in [0.1, 0.15) is 83.8 Å². The van der Waals surface area contributed by atoms with Crippen molar-refractivity contribution in [2.75, 3.05) is 13.2 Å². The molecule has 0 aromatic heterocycles. The summed E-state index contributed by atoms with van der Waals surface area (Å²) in [4.78, 5) is 0. The van der Waals surface area contributed by atoms with E-state index >= 15 is 0 Å². The second-order valence-electron chi connectivity index (χ2n) is 8.22. The minimum atomic E-state index is -0.299. The van der Waals surface area contributed by atoms with E-state index in [1.807, 2.05) is 38.1 Å². The Morgan fingerprint density at radius 3 is 1.26 bits per heavy atom. The second-order valence-corrected chi connectivity index (χ2v) is 8.22. The number of benzene rings is 2. The molecule has 4 nitrogen and oxygen atoms in total. The zero-order valence-corrected chi connectivity index (χ0v) is 20.1. The van der Waals surface area contributed by atoms with Gasteiger partial charge in [0.25, 0.3) is 0 Å². The average molecular weight is 429 g/mol. The first kappa shape index (κ1) is 25.2.